The average Bonchev–Trinajstić information content (AvgIpc) is 2.01. The molecule has 76 valence electrons. The number of rotatable bonds is 4. The van der Waals surface area contributed by atoms with Crippen LogP contribution in [0, 0.1) is 5.41 Å². The van der Waals surface area contributed by atoms with Gasteiger partial charge >= 0.3 is 0 Å². The van der Waals surface area contributed by atoms with E-state index in [1.165, 1.54) is 12.0 Å². The van der Waals surface area contributed by atoms with Crippen molar-refractivity contribution in [2.24, 2.45) is 11.1 Å². The minimum Gasteiger partial charge on any atom is -0.404 e. The summed E-state index contributed by atoms with van der Waals surface area (Å²) in [6.07, 6.45) is 9.45. The van der Waals surface area contributed by atoms with Gasteiger partial charge in [0, 0.05) is 0 Å². The molecule has 0 unspecified atom stereocenters. The molecular formula is C12H23N. The van der Waals surface area contributed by atoms with Gasteiger partial charge in [-0.05, 0) is 30.0 Å². The molecule has 0 aliphatic carbocycles. The van der Waals surface area contributed by atoms with Gasteiger partial charge in [-0.2, -0.15) is 0 Å². The summed E-state index contributed by atoms with van der Waals surface area (Å²) >= 11 is 0. The van der Waals surface area contributed by atoms with E-state index in [1.807, 2.05) is 0 Å². The first-order valence-corrected chi connectivity index (χ1v) is 5.07. The molecule has 0 fully saturated rings. The van der Waals surface area contributed by atoms with Gasteiger partial charge in [0.05, 0.1) is 0 Å². The lowest BCUT2D eigenvalue weighted by Crippen LogP contribution is -2.06. The van der Waals surface area contributed by atoms with Gasteiger partial charge in [-0.25, -0.2) is 0 Å². The third-order valence-electron chi connectivity index (χ3n) is 1.74. The fourth-order valence-corrected chi connectivity index (χ4v) is 1.19. The lowest BCUT2D eigenvalue weighted by Gasteiger charge is -2.18. The van der Waals surface area contributed by atoms with Crippen LogP contribution >= 0.6 is 0 Å². The quantitative estimate of drug-likeness (QED) is 0.659. The van der Waals surface area contributed by atoms with Crippen LogP contribution in [0.2, 0.25) is 0 Å². The van der Waals surface area contributed by atoms with E-state index in [2.05, 4.69) is 39.8 Å². The summed E-state index contributed by atoms with van der Waals surface area (Å²) in [5.74, 6) is 0. The van der Waals surface area contributed by atoms with Crippen molar-refractivity contribution in [3.63, 3.8) is 0 Å². The van der Waals surface area contributed by atoms with Gasteiger partial charge in [-0.1, -0.05) is 46.3 Å². The zero-order valence-corrected chi connectivity index (χ0v) is 9.43. The summed E-state index contributed by atoms with van der Waals surface area (Å²) in [6, 6.07) is 0. The van der Waals surface area contributed by atoms with Gasteiger partial charge in [-0.15, -0.1) is 0 Å². The number of unbranched alkanes of at least 4 members (excludes halogenated alkanes) is 1. The Morgan fingerprint density at radius 3 is 2.31 bits per heavy atom. The summed E-state index contributed by atoms with van der Waals surface area (Å²) in [5, 5.41) is 0. The van der Waals surface area contributed by atoms with Gasteiger partial charge in [0.25, 0.3) is 0 Å². The van der Waals surface area contributed by atoms with Crippen molar-refractivity contribution in [2.75, 3.05) is 0 Å². The second-order valence-electron chi connectivity index (χ2n) is 4.67. The van der Waals surface area contributed by atoms with Gasteiger partial charge in [0.2, 0.25) is 0 Å². The predicted molar refractivity (Wildman–Crippen MR) is 60.4 cm³/mol. The lowest BCUT2D eigenvalue weighted by molar-refractivity contribution is 0.413. The van der Waals surface area contributed by atoms with E-state index >= 15 is 0 Å². The predicted octanol–water partition coefficient (Wildman–Crippen LogP) is 3.62. The molecule has 0 aromatic rings. The van der Waals surface area contributed by atoms with E-state index in [0.717, 1.165) is 12.8 Å². The average molecular weight is 181 g/mol. The summed E-state index contributed by atoms with van der Waals surface area (Å²) in [6.45, 7) is 8.86. The highest BCUT2D eigenvalue weighted by atomic mass is 14.5. The smallest absolute Gasteiger partial charge is 0.00296 e. The third-order valence-corrected chi connectivity index (χ3v) is 1.74. The maximum absolute atomic E-state index is 5.55. The Morgan fingerprint density at radius 1 is 1.31 bits per heavy atom. The van der Waals surface area contributed by atoms with Crippen molar-refractivity contribution in [1.29, 1.82) is 0 Å². The Morgan fingerprint density at radius 2 is 1.92 bits per heavy atom. The van der Waals surface area contributed by atoms with Crippen molar-refractivity contribution < 1.29 is 0 Å². The first kappa shape index (κ1) is 12.3. The second-order valence-corrected chi connectivity index (χ2v) is 4.67. The monoisotopic (exact) mass is 181 g/mol. The molecule has 0 aromatic carbocycles. The van der Waals surface area contributed by atoms with Crippen molar-refractivity contribution >= 4 is 0 Å². The maximum Gasteiger partial charge on any atom is -0.00296 e. The molecule has 13 heavy (non-hydrogen) atoms. The SMILES string of the molecule is CCC/C=C\C(=C/N)CC(C)(C)C. The Balaban J connectivity index is 4.07. The third kappa shape index (κ3) is 7.63. The first-order valence-electron chi connectivity index (χ1n) is 5.07. The normalized spacial score (nSPS) is 14.0. The van der Waals surface area contributed by atoms with E-state index in [4.69, 9.17) is 5.73 Å². The highest BCUT2D eigenvalue weighted by molar-refractivity contribution is 5.18. The molecule has 2 N–H and O–H groups in total. The van der Waals surface area contributed by atoms with E-state index in [-0.39, 0.29) is 0 Å². The van der Waals surface area contributed by atoms with Crippen LogP contribution in [0.25, 0.3) is 0 Å². The molecule has 0 radical (unpaired) electrons. The molecule has 1 nitrogen and oxygen atoms in total. The molecule has 0 saturated heterocycles. The molecule has 0 heterocycles. The summed E-state index contributed by atoms with van der Waals surface area (Å²) < 4.78 is 0. The molecule has 0 saturated carbocycles. The second kappa shape index (κ2) is 5.85. The highest BCUT2D eigenvalue weighted by Crippen LogP contribution is 2.24. The van der Waals surface area contributed by atoms with Crippen LogP contribution in [0.1, 0.15) is 47.0 Å². The number of hydrogen-bond acceptors (Lipinski definition) is 1. The molecule has 0 rings (SSSR count). The van der Waals surface area contributed by atoms with Gasteiger partial charge in [-0.3, -0.25) is 0 Å². The lowest BCUT2D eigenvalue weighted by atomic mass is 9.88. The van der Waals surface area contributed by atoms with Crippen molar-refractivity contribution in [3.05, 3.63) is 23.9 Å². The minimum absolute atomic E-state index is 0.321. The Labute approximate surface area is 82.7 Å². The van der Waals surface area contributed by atoms with Crippen LogP contribution < -0.4 is 5.73 Å². The number of allylic oxidation sites excluding steroid dienone is 3. The topological polar surface area (TPSA) is 26.0 Å². The zero-order valence-electron chi connectivity index (χ0n) is 9.43. The Hall–Kier alpha value is -0.720. The molecule has 0 amide bonds. The number of nitrogens with two attached hydrogens (primary N) is 1. The van der Waals surface area contributed by atoms with Crippen LogP contribution in [0.5, 0.6) is 0 Å². The van der Waals surface area contributed by atoms with E-state index in [1.54, 1.807) is 6.20 Å². The highest BCUT2D eigenvalue weighted by Gasteiger charge is 2.10. The first-order chi connectivity index (χ1) is 5.99. The van der Waals surface area contributed by atoms with Crippen LogP contribution in [0.3, 0.4) is 0 Å². The van der Waals surface area contributed by atoms with Crippen LogP contribution in [0.4, 0.5) is 0 Å². The van der Waals surface area contributed by atoms with Crippen LogP contribution in [-0.2, 0) is 0 Å². The van der Waals surface area contributed by atoms with Crippen molar-refractivity contribution in [1.82, 2.24) is 0 Å². The minimum atomic E-state index is 0.321. The molecule has 0 aromatic heterocycles. The van der Waals surface area contributed by atoms with Crippen molar-refractivity contribution in [3.8, 4) is 0 Å². The van der Waals surface area contributed by atoms with Crippen LogP contribution in [-0.4, -0.2) is 0 Å². The van der Waals surface area contributed by atoms with Gasteiger partial charge in [0.1, 0.15) is 0 Å². The van der Waals surface area contributed by atoms with Gasteiger partial charge in [0.15, 0.2) is 0 Å². The van der Waals surface area contributed by atoms with Crippen LogP contribution in [0.15, 0.2) is 23.9 Å². The van der Waals surface area contributed by atoms with Gasteiger partial charge < -0.3 is 5.73 Å². The maximum atomic E-state index is 5.55. The zero-order chi connectivity index (χ0) is 10.3. The van der Waals surface area contributed by atoms with Crippen molar-refractivity contribution in [2.45, 2.75) is 47.0 Å². The summed E-state index contributed by atoms with van der Waals surface area (Å²) in [7, 11) is 0. The van der Waals surface area contributed by atoms with E-state index in [0.29, 0.717) is 5.41 Å². The standard InChI is InChI=1S/C12H23N/c1-5-6-7-8-11(10-13)9-12(2,3)4/h7-8,10H,5-6,9,13H2,1-4H3/b8-7-,11-10+. The Bertz CT molecular complexity index is 182. The number of hydrogen-bond donors (Lipinski definition) is 1. The molecule has 0 aliphatic rings. The molecule has 1 heteroatoms. The molecule has 0 spiro atoms. The van der Waals surface area contributed by atoms with E-state index in [9.17, 15) is 0 Å². The molecular weight excluding hydrogens is 158 g/mol. The molecule has 0 bridgehead atoms. The fourth-order valence-electron chi connectivity index (χ4n) is 1.19. The molecule has 0 atom stereocenters. The largest absolute Gasteiger partial charge is 0.404 e. The van der Waals surface area contributed by atoms with E-state index < -0.39 is 0 Å². The fraction of sp³-hybridized carbons (Fsp3) is 0.667. The summed E-state index contributed by atoms with van der Waals surface area (Å²) in [5.41, 5.74) is 7.11. The summed E-state index contributed by atoms with van der Waals surface area (Å²) in [4.78, 5) is 0. The Kier molecular flexibility index (Phi) is 5.52. The molecule has 0 aliphatic heterocycles.